The summed E-state index contributed by atoms with van der Waals surface area (Å²) in [6, 6.07) is 24.3. The molecule has 1 aromatic heterocycles. The normalized spacial score (nSPS) is 11.3. The Balaban J connectivity index is 1.55. The molecule has 0 saturated carbocycles. The van der Waals surface area contributed by atoms with Gasteiger partial charge in [0.2, 0.25) is 0 Å². The number of benzene rings is 3. The summed E-state index contributed by atoms with van der Waals surface area (Å²) in [5.74, 6) is -0.0414. The molecule has 0 atom stereocenters. The maximum absolute atomic E-state index is 10.6. The summed E-state index contributed by atoms with van der Waals surface area (Å²) in [6.07, 6.45) is 3.41. The minimum atomic E-state index is -0.948. The number of aromatic nitrogens is 2. The van der Waals surface area contributed by atoms with Crippen molar-refractivity contribution in [3.8, 4) is 11.1 Å². The minimum Gasteiger partial charge on any atom is -0.478 e. The minimum absolute atomic E-state index is 0.693. The number of carboxylic acid groups (broad SMARTS) is 1. The van der Waals surface area contributed by atoms with E-state index in [2.05, 4.69) is 34.2 Å². The Morgan fingerprint density at radius 3 is 2.48 bits per heavy atom. The monoisotopic (exact) mass is 354 g/mol. The van der Waals surface area contributed by atoms with E-state index in [-0.39, 0.29) is 0 Å². The molecular weight excluding hydrogens is 336 g/mol. The van der Waals surface area contributed by atoms with Gasteiger partial charge in [-0.1, -0.05) is 60.7 Å². The maximum Gasteiger partial charge on any atom is 0.328 e. The van der Waals surface area contributed by atoms with Crippen LogP contribution in [-0.4, -0.2) is 21.0 Å². The second-order valence-corrected chi connectivity index (χ2v) is 6.37. The zero-order chi connectivity index (χ0) is 18.6. The number of nitrogens with one attached hydrogen (secondary N) is 1. The van der Waals surface area contributed by atoms with Crippen molar-refractivity contribution in [2.75, 3.05) is 0 Å². The topological polar surface area (TPSA) is 66.0 Å². The van der Waals surface area contributed by atoms with Gasteiger partial charge < -0.3 is 10.1 Å². The van der Waals surface area contributed by atoms with Gasteiger partial charge in [0.25, 0.3) is 0 Å². The molecule has 132 valence electrons. The van der Waals surface area contributed by atoms with Gasteiger partial charge in [-0.25, -0.2) is 9.78 Å². The van der Waals surface area contributed by atoms with Crippen molar-refractivity contribution < 1.29 is 9.90 Å². The van der Waals surface area contributed by atoms with Crippen molar-refractivity contribution in [1.82, 2.24) is 9.97 Å². The summed E-state index contributed by atoms with van der Waals surface area (Å²) in [5, 5.41) is 8.69. The second kappa shape index (κ2) is 7.30. The van der Waals surface area contributed by atoms with E-state index >= 15 is 0 Å². The van der Waals surface area contributed by atoms with Gasteiger partial charge in [0, 0.05) is 12.5 Å². The molecule has 27 heavy (non-hydrogen) atoms. The molecule has 0 amide bonds. The molecule has 0 saturated heterocycles. The Morgan fingerprint density at radius 1 is 0.963 bits per heavy atom. The van der Waals surface area contributed by atoms with Crippen LogP contribution in [0.25, 0.3) is 28.2 Å². The van der Waals surface area contributed by atoms with E-state index in [1.165, 1.54) is 5.56 Å². The lowest BCUT2D eigenvalue weighted by atomic mass is 10.1. The molecule has 4 aromatic rings. The number of hydrogen-bond acceptors (Lipinski definition) is 2. The largest absolute Gasteiger partial charge is 0.478 e. The number of fused-ring (bicyclic) bond motifs is 1. The number of hydrogen-bond donors (Lipinski definition) is 2. The number of H-pyrrole nitrogens is 1. The number of aliphatic carboxylic acids is 1. The molecule has 2 N–H and O–H groups in total. The van der Waals surface area contributed by atoms with Crippen molar-refractivity contribution >= 4 is 23.1 Å². The lowest BCUT2D eigenvalue weighted by Gasteiger charge is -2.00. The van der Waals surface area contributed by atoms with Crippen LogP contribution >= 0.6 is 0 Å². The summed E-state index contributed by atoms with van der Waals surface area (Å²) in [6.45, 7) is 0. The van der Waals surface area contributed by atoms with Crippen molar-refractivity contribution in [1.29, 1.82) is 0 Å². The first-order valence-corrected chi connectivity index (χ1v) is 8.71. The lowest BCUT2D eigenvalue weighted by Crippen LogP contribution is -1.91. The summed E-state index contributed by atoms with van der Waals surface area (Å²) >= 11 is 0. The van der Waals surface area contributed by atoms with Crippen LogP contribution in [0.2, 0.25) is 0 Å². The van der Waals surface area contributed by atoms with Gasteiger partial charge >= 0.3 is 5.97 Å². The number of rotatable bonds is 5. The highest BCUT2D eigenvalue weighted by molar-refractivity contribution is 5.85. The molecule has 0 fully saturated rings. The molecule has 4 rings (SSSR count). The first-order valence-electron chi connectivity index (χ1n) is 8.71. The average Bonchev–Trinajstić information content (AvgIpc) is 3.09. The number of imidazole rings is 1. The zero-order valence-corrected chi connectivity index (χ0v) is 14.6. The van der Waals surface area contributed by atoms with E-state index in [9.17, 15) is 4.79 Å². The van der Waals surface area contributed by atoms with Crippen molar-refractivity contribution in [2.45, 2.75) is 6.42 Å². The van der Waals surface area contributed by atoms with E-state index < -0.39 is 5.97 Å². The summed E-state index contributed by atoms with van der Waals surface area (Å²) in [4.78, 5) is 18.7. The molecule has 0 aliphatic heterocycles. The van der Waals surface area contributed by atoms with Crippen LogP contribution in [0.1, 0.15) is 17.0 Å². The molecule has 0 aliphatic rings. The average molecular weight is 354 g/mol. The fourth-order valence-electron chi connectivity index (χ4n) is 3.06. The van der Waals surface area contributed by atoms with E-state index in [1.54, 1.807) is 6.08 Å². The Labute approximate surface area is 156 Å². The first kappa shape index (κ1) is 16.8. The van der Waals surface area contributed by atoms with Crippen LogP contribution in [0.3, 0.4) is 0 Å². The molecule has 4 nitrogen and oxygen atoms in total. The van der Waals surface area contributed by atoms with E-state index in [1.807, 2.05) is 48.5 Å². The van der Waals surface area contributed by atoms with Crippen molar-refractivity contribution in [3.63, 3.8) is 0 Å². The zero-order valence-electron chi connectivity index (χ0n) is 14.6. The number of aromatic amines is 1. The van der Waals surface area contributed by atoms with Gasteiger partial charge in [0.05, 0.1) is 11.0 Å². The Morgan fingerprint density at radius 2 is 1.74 bits per heavy atom. The van der Waals surface area contributed by atoms with Gasteiger partial charge in [0.15, 0.2) is 0 Å². The maximum atomic E-state index is 10.6. The molecule has 0 aliphatic carbocycles. The molecule has 0 bridgehead atoms. The van der Waals surface area contributed by atoms with Gasteiger partial charge in [-0.2, -0.15) is 0 Å². The highest BCUT2D eigenvalue weighted by Gasteiger charge is 2.06. The van der Waals surface area contributed by atoms with E-state index in [4.69, 9.17) is 5.11 Å². The highest BCUT2D eigenvalue weighted by atomic mass is 16.4. The quantitative estimate of drug-likeness (QED) is 0.500. The van der Waals surface area contributed by atoms with Crippen molar-refractivity contribution in [3.05, 3.63) is 95.8 Å². The summed E-state index contributed by atoms with van der Waals surface area (Å²) in [7, 11) is 0. The fourth-order valence-corrected chi connectivity index (χ4v) is 3.06. The summed E-state index contributed by atoms with van der Waals surface area (Å²) < 4.78 is 0. The van der Waals surface area contributed by atoms with Gasteiger partial charge in [-0.05, 0) is 40.5 Å². The SMILES string of the molecule is O=C(O)/C=C/c1ccc(Cc2nc3ccc(-c4ccccc4)cc3[nH]2)cc1. The van der Waals surface area contributed by atoms with Crippen LogP contribution in [0, 0.1) is 0 Å². The smallest absolute Gasteiger partial charge is 0.328 e. The van der Waals surface area contributed by atoms with Crippen LogP contribution < -0.4 is 0 Å². The third kappa shape index (κ3) is 3.96. The standard InChI is InChI=1S/C23H18N2O2/c26-23(27)13-10-16-6-8-17(9-7-16)14-22-24-20-12-11-19(15-21(20)25-22)18-4-2-1-3-5-18/h1-13,15H,14H2,(H,24,25)(H,26,27)/b13-10+. The number of nitrogens with zero attached hydrogens (tertiary/aromatic N) is 1. The Kier molecular flexibility index (Phi) is 4.54. The third-order valence-corrected chi connectivity index (χ3v) is 4.41. The highest BCUT2D eigenvalue weighted by Crippen LogP contribution is 2.23. The predicted molar refractivity (Wildman–Crippen MR) is 107 cm³/mol. The van der Waals surface area contributed by atoms with E-state index in [0.29, 0.717) is 6.42 Å². The molecule has 1 heterocycles. The number of carboxylic acids is 1. The Hall–Kier alpha value is -3.66. The number of carbonyl (C=O) groups is 1. The molecule has 0 spiro atoms. The molecule has 0 unspecified atom stereocenters. The first-order chi connectivity index (χ1) is 13.2. The van der Waals surface area contributed by atoms with Crippen molar-refractivity contribution in [2.24, 2.45) is 0 Å². The van der Waals surface area contributed by atoms with Crippen LogP contribution in [0.5, 0.6) is 0 Å². The Bertz CT molecular complexity index is 1110. The van der Waals surface area contributed by atoms with Gasteiger partial charge in [-0.3, -0.25) is 0 Å². The molecule has 3 aromatic carbocycles. The van der Waals surface area contributed by atoms with Crippen LogP contribution in [0.4, 0.5) is 0 Å². The summed E-state index contributed by atoms with van der Waals surface area (Å²) in [5.41, 5.74) is 6.29. The second-order valence-electron chi connectivity index (χ2n) is 6.37. The third-order valence-electron chi connectivity index (χ3n) is 4.41. The van der Waals surface area contributed by atoms with Gasteiger partial charge in [0.1, 0.15) is 5.82 Å². The van der Waals surface area contributed by atoms with E-state index in [0.717, 1.165) is 39.6 Å². The molecular formula is C23H18N2O2. The molecule has 4 heteroatoms. The van der Waals surface area contributed by atoms with Gasteiger partial charge in [-0.15, -0.1) is 0 Å². The van der Waals surface area contributed by atoms with Crippen LogP contribution in [-0.2, 0) is 11.2 Å². The fraction of sp³-hybridized carbons (Fsp3) is 0.0435. The molecule has 0 radical (unpaired) electrons. The predicted octanol–water partition coefficient (Wildman–Crippen LogP) is 4.92. The van der Waals surface area contributed by atoms with Crippen LogP contribution in [0.15, 0.2) is 78.9 Å². The lowest BCUT2D eigenvalue weighted by molar-refractivity contribution is -0.131.